The maximum Gasteiger partial charge on any atom is 0.0396 e. The van der Waals surface area contributed by atoms with Crippen LogP contribution in [0.3, 0.4) is 0 Å². The quantitative estimate of drug-likeness (QED) is 0.676. The molecule has 0 nitrogen and oxygen atoms in total. The fourth-order valence-electron chi connectivity index (χ4n) is 1.22. The molecule has 0 saturated heterocycles. The van der Waals surface area contributed by atoms with E-state index in [1.807, 2.05) is 18.2 Å². The number of rotatable bonds is 0. The lowest BCUT2D eigenvalue weighted by atomic mass is 10.2. The van der Waals surface area contributed by atoms with Gasteiger partial charge in [-0.2, -0.15) is 0 Å². The molecule has 0 amide bonds. The minimum atomic E-state index is 1.11. The molecule has 0 aliphatic heterocycles. The van der Waals surface area contributed by atoms with E-state index in [1.165, 1.54) is 11.1 Å². The molecule has 0 heterocycles. The molecule has 60 valence electrons. The van der Waals surface area contributed by atoms with Gasteiger partial charge in [-0.3, -0.25) is 0 Å². The van der Waals surface area contributed by atoms with Crippen molar-refractivity contribution in [3.63, 3.8) is 0 Å². The summed E-state index contributed by atoms with van der Waals surface area (Å²) < 4.78 is 2.25. The van der Waals surface area contributed by atoms with E-state index >= 15 is 0 Å². The number of halogens is 2. The zero-order valence-electron chi connectivity index (χ0n) is 6.22. The molecule has 0 unspecified atom stereocenters. The van der Waals surface area contributed by atoms with Gasteiger partial charge in [0.2, 0.25) is 0 Å². The predicted octanol–water partition coefficient (Wildman–Crippen LogP) is 4.32. The monoisotopic (exact) mass is 284 g/mol. The Kier molecular flexibility index (Phi) is 2.20. The molecule has 0 spiro atoms. The Labute approximate surface area is 88.2 Å². The Bertz CT molecular complexity index is 382. The van der Waals surface area contributed by atoms with Crippen LogP contribution in [0.2, 0.25) is 0 Å². The predicted molar refractivity (Wildman–Crippen MR) is 58.5 cm³/mol. The Morgan fingerprint density at radius 3 is 2.50 bits per heavy atom. The molecule has 0 saturated carbocycles. The van der Waals surface area contributed by atoms with Crippen molar-refractivity contribution < 1.29 is 0 Å². The Morgan fingerprint density at radius 1 is 0.917 bits per heavy atom. The molecule has 0 aromatic heterocycles. The van der Waals surface area contributed by atoms with E-state index in [-0.39, 0.29) is 0 Å². The third-order valence-electron chi connectivity index (χ3n) is 1.80. The molecule has 2 aliphatic rings. The molecule has 0 atom stereocenters. The summed E-state index contributed by atoms with van der Waals surface area (Å²) in [6, 6.07) is 12.4. The molecule has 2 aliphatic carbocycles. The first kappa shape index (κ1) is 8.27. The van der Waals surface area contributed by atoms with Crippen LogP contribution in [0.25, 0.3) is 11.1 Å². The lowest BCUT2D eigenvalue weighted by molar-refractivity contribution is 1.76. The van der Waals surface area contributed by atoms with Gasteiger partial charge in [-0.1, -0.05) is 30.3 Å². The molecule has 0 N–H and O–H groups in total. The maximum absolute atomic E-state index is 3.52. The Hall–Kier alpha value is -0.340. The van der Waals surface area contributed by atoms with Crippen LogP contribution in [0.4, 0.5) is 0 Å². The fraction of sp³-hybridized carbons (Fsp3) is 0. The molecule has 2 rings (SSSR count). The van der Waals surface area contributed by atoms with Crippen molar-refractivity contribution in [3.8, 4) is 11.1 Å². The Morgan fingerprint density at radius 2 is 1.67 bits per heavy atom. The van der Waals surface area contributed by atoms with Crippen molar-refractivity contribution >= 4 is 31.9 Å². The highest BCUT2D eigenvalue weighted by molar-refractivity contribution is 9.13. The van der Waals surface area contributed by atoms with Crippen molar-refractivity contribution in [2.75, 3.05) is 0 Å². The van der Waals surface area contributed by atoms with Gasteiger partial charge in [0.1, 0.15) is 0 Å². The first-order valence-corrected chi connectivity index (χ1v) is 5.20. The molecule has 0 bridgehead atoms. The van der Waals surface area contributed by atoms with Gasteiger partial charge >= 0.3 is 0 Å². The second-order valence-corrected chi connectivity index (χ2v) is 4.23. The van der Waals surface area contributed by atoms with Crippen LogP contribution in [0, 0.1) is 0 Å². The van der Waals surface area contributed by atoms with Gasteiger partial charge in [0, 0.05) is 8.95 Å². The normalized spacial score (nSPS) is 10.5. The van der Waals surface area contributed by atoms with Crippen LogP contribution in [-0.4, -0.2) is 0 Å². The Balaban J connectivity index is 2.79. The van der Waals surface area contributed by atoms with Gasteiger partial charge in [0.15, 0.2) is 0 Å². The van der Waals surface area contributed by atoms with Gasteiger partial charge < -0.3 is 0 Å². The summed E-state index contributed by atoms with van der Waals surface area (Å²) in [5.41, 5.74) is 2.49. The molecule has 0 fully saturated rings. The second-order valence-electron chi connectivity index (χ2n) is 2.59. The van der Waals surface area contributed by atoms with Crippen LogP contribution in [0.1, 0.15) is 0 Å². The minimum Gasteiger partial charge on any atom is -0.0622 e. The van der Waals surface area contributed by atoms with Gasteiger partial charge in [0.05, 0.1) is 0 Å². The zero-order chi connectivity index (χ0) is 8.55. The SMILES string of the molecule is Brc1cc2cccccc-2c1Br. The second kappa shape index (κ2) is 3.19. The van der Waals surface area contributed by atoms with Crippen molar-refractivity contribution in [3.05, 3.63) is 45.3 Å². The zero-order valence-corrected chi connectivity index (χ0v) is 9.39. The smallest absolute Gasteiger partial charge is 0.0396 e. The number of hydrogen-bond donors (Lipinski definition) is 0. The summed E-state index contributed by atoms with van der Waals surface area (Å²) >= 11 is 7.00. The maximum atomic E-state index is 3.52. The van der Waals surface area contributed by atoms with E-state index in [0.717, 1.165) is 8.95 Å². The minimum absolute atomic E-state index is 1.11. The summed E-state index contributed by atoms with van der Waals surface area (Å²) in [7, 11) is 0. The van der Waals surface area contributed by atoms with Crippen LogP contribution in [0.5, 0.6) is 0 Å². The average Bonchev–Trinajstić information content (AvgIpc) is 2.30. The molecular weight excluding hydrogens is 280 g/mol. The lowest BCUT2D eigenvalue weighted by Gasteiger charge is -1.90. The standard InChI is InChI=1S/C10H6Br2/c11-9-6-7-4-2-1-3-5-8(7)10(9)12/h1-6H. The van der Waals surface area contributed by atoms with Crippen molar-refractivity contribution in [1.29, 1.82) is 0 Å². The van der Waals surface area contributed by atoms with E-state index in [2.05, 4.69) is 50.1 Å². The summed E-state index contributed by atoms with van der Waals surface area (Å²) in [6.45, 7) is 0. The fourth-order valence-corrected chi connectivity index (χ4v) is 2.15. The molecular formula is C10H6Br2. The summed E-state index contributed by atoms with van der Waals surface area (Å²) in [5.74, 6) is 0. The molecule has 0 aromatic carbocycles. The first-order valence-electron chi connectivity index (χ1n) is 3.62. The van der Waals surface area contributed by atoms with Gasteiger partial charge in [-0.15, -0.1) is 0 Å². The van der Waals surface area contributed by atoms with E-state index in [1.54, 1.807) is 0 Å². The molecule has 0 radical (unpaired) electrons. The largest absolute Gasteiger partial charge is 0.0622 e. The summed E-state index contributed by atoms with van der Waals surface area (Å²) in [6.07, 6.45) is 0. The van der Waals surface area contributed by atoms with Crippen molar-refractivity contribution in [1.82, 2.24) is 0 Å². The highest BCUT2D eigenvalue weighted by Crippen LogP contribution is 2.38. The lowest BCUT2D eigenvalue weighted by Crippen LogP contribution is -1.63. The van der Waals surface area contributed by atoms with Crippen LogP contribution >= 0.6 is 31.9 Å². The van der Waals surface area contributed by atoms with E-state index < -0.39 is 0 Å². The summed E-state index contributed by atoms with van der Waals surface area (Å²) in [5, 5.41) is 0. The topological polar surface area (TPSA) is 0 Å². The van der Waals surface area contributed by atoms with E-state index in [9.17, 15) is 0 Å². The van der Waals surface area contributed by atoms with Crippen LogP contribution < -0.4 is 0 Å². The van der Waals surface area contributed by atoms with Crippen LogP contribution in [0.15, 0.2) is 45.3 Å². The number of hydrogen-bond acceptors (Lipinski definition) is 0. The third-order valence-corrected chi connectivity index (χ3v) is 3.81. The molecule has 2 heteroatoms. The highest BCUT2D eigenvalue weighted by Gasteiger charge is 2.09. The molecule has 12 heavy (non-hydrogen) atoms. The highest BCUT2D eigenvalue weighted by atomic mass is 79.9. The number of fused-ring (bicyclic) bond motifs is 1. The third kappa shape index (κ3) is 1.29. The van der Waals surface area contributed by atoms with E-state index in [0.29, 0.717) is 0 Å². The van der Waals surface area contributed by atoms with Gasteiger partial charge in [-0.05, 0) is 49.1 Å². The first-order chi connectivity index (χ1) is 5.79. The van der Waals surface area contributed by atoms with Crippen molar-refractivity contribution in [2.24, 2.45) is 0 Å². The van der Waals surface area contributed by atoms with E-state index in [4.69, 9.17) is 0 Å². The average molecular weight is 286 g/mol. The summed E-state index contributed by atoms with van der Waals surface area (Å²) in [4.78, 5) is 0. The van der Waals surface area contributed by atoms with Crippen molar-refractivity contribution in [2.45, 2.75) is 0 Å². The molecule has 0 aromatic rings. The van der Waals surface area contributed by atoms with Crippen LogP contribution in [-0.2, 0) is 0 Å². The van der Waals surface area contributed by atoms with Gasteiger partial charge in [-0.25, -0.2) is 0 Å². The van der Waals surface area contributed by atoms with Gasteiger partial charge in [0.25, 0.3) is 0 Å².